The summed E-state index contributed by atoms with van der Waals surface area (Å²) >= 11 is 5.89. The number of ether oxygens (including phenoxy) is 1. The minimum Gasteiger partial charge on any atom is -0.380 e. The van der Waals surface area contributed by atoms with Crippen molar-refractivity contribution < 1.29 is 4.74 Å². The Balaban J connectivity index is 0.000000204. The molecule has 2 aromatic rings. The van der Waals surface area contributed by atoms with Gasteiger partial charge in [0, 0.05) is 18.7 Å². The molecule has 0 spiro atoms. The summed E-state index contributed by atoms with van der Waals surface area (Å²) in [5.41, 5.74) is 3.55. The first kappa shape index (κ1) is 16.7. The Morgan fingerprint density at radius 3 is 2.30 bits per heavy atom. The molecule has 1 N–H and O–H groups in total. The van der Waals surface area contributed by atoms with Crippen molar-refractivity contribution in [3.05, 3.63) is 70.2 Å². The van der Waals surface area contributed by atoms with Crippen LogP contribution in [0.25, 0.3) is 0 Å². The lowest BCUT2D eigenvalue weighted by Crippen LogP contribution is -2.04. The molecule has 20 heavy (non-hydrogen) atoms. The Hall–Kier alpha value is -1.35. The molecule has 2 nitrogen and oxygen atoms in total. The number of hydrogen-bond donors (Lipinski definition) is 1. The summed E-state index contributed by atoms with van der Waals surface area (Å²) < 4.78 is 4.96. The van der Waals surface area contributed by atoms with Gasteiger partial charge in [-0.2, -0.15) is 0 Å². The van der Waals surface area contributed by atoms with Crippen molar-refractivity contribution >= 4 is 11.6 Å². The lowest BCUT2D eigenvalue weighted by atomic mass is 10.2. The maximum Gasteiger partial charge on any atom is 0.0713 e. The molecule has 2 rings (SSSR count). The third-order valence-corrected chi connectivity index (χ3v) is 3.18. The van der Waals surface area contributed by atoms with Crippen molar-refractivity contribution in [2.75, 3.05) is 14.2 Å². The van der Waals surface area contributed by atoms with E-state index in [4.69, 9.17) is 16.3 Å². The molecule has 0 aromatic heterocycles. The van der Waals surface area contributed by atoms with Gasteiger partial charge in [0.2, 0.25) is 0 Å². The third kappa shape index (κ3) is 6.20. The highest BCUT2D eigenvalue weighted by Crippen LogP contribution is 2.16. The molecule has 0 aliphatic rings. The fourth-order valence-corrected chi connectivity index (χ4v) is 1.90. The van der Waals surface area contributed by atoms with Gasteiger partial charge < -0.3 is 10.1 Å². The third-order valence-electron chi connectivity index (χ3n) is 2.77. The molecule has 0 saturated heterocycles. The van der Waals surface area contributed by atoms with Crippen molar-refractivity contribution in [3.63, 3.8) is 0 Å². The second-order valence-electron chi connectivity index (χ2n) is 4.53. The highest BCUT2D eigenvalue weighted by molar-refractivity contribution is 6.31. The highest BCUT2D eigenvalue weighted by Gasteiger charge is 1.96. The first-order valence-electron chi connectivity index (χ1n) is 6.60. The molecule has 0 aliphatic carbocycles. The monoisotopic (exact) mass is 291 g/mol. The smallest absolute Gasteiger partial charge is 0.0713 e. The van der Waals surface area contributed by atoms with E-state index in [9.17, 15) is 0 Å². The molecule has 0 heterocycles. The largest absolute Gasteiger partial charge is 0.380 e. The van der Waals surface area contributed by atoms with E-state index in [1.54, 1.807) is 7.11 Å². The second-order valence-corrected chi connectivity index (χ2v) is 4.94. The van der Waals surface area contributed by atoms with Gasteiger partial charge in [-0.15, -0.1) is 0 Å². The lowest BCUT2D eigenvalue weighted by molar-refractivity contribution is 0.185. The number of rotatable bonds is 4. The Bertz CT molecular complexity index is 500. The first-order chi connectivity index (χ1) is 9.67. The van der Waals surface area contributed by atoms with Crippen LogP contribution in [0.4, 0.5) is 0 Å². The average Bonchev–Trinajstić information content (AvgIpc) is 2.46. The highest BCUT2D eigenvalue weighted by atomic mass is 35.5. The van der Waals surface area contributed by atoms with Crippen LogP contribution >= 0.6 is 11.6 Å². The number of hydrogen-bond acceptors (Lipinski definition) is 2. The molecule has 0 radical (unpaired) electrons. The van der Waals surface area contributed by atoms with Gasteiger partial charge in [-0.3, -0.25) is 0 Å². The fourth-order valence-electron chi connectivity index (χ4n) is 1.69. The Morgan fingerprint density at radius 1 is 1.05 bits per heavy atom. The van der Waals surface area contributed by atoms with Gasteiger partial charge in [-0.25, -0.2) is 0 Å². The van der Waals surface area contributed by atoms with Gasteiger partial charge >= 0.3 is 0 Å². The molecule has 0 unspecified atom stereocenters. The first-order valence-corrected chi connectivity index (χ1v) is 6.97. The summed E-state index contributed by atoms with van der Waals surface area (Å²) in [6, 6.07) is 16.3. The van der Waals surface area contributed by atoms with Crippen LogP contribution in [0, 0.1) is 6.92 Å². The number of aryl methyl sites for hydroxylation is 1. The molecular weight excluding hydrogens is 270 g/mol. The van der Waals surface area contributed by atoms with E-state index in [1.165, 1.54) is 5.56 Å². The summed E-state index contributed by atoms with van der Waals surface area (Å²) in [6.45, 7) is 3.57. The molecule has 0 saturated carbocycles. The SMILES string of the molecule is CNCc1ccccc1.COCc1ccc(C)c(Cl)c1. The second kappa shape index (κ2) is 9.54. The van der Waals surface area contributed by atoms with Crippen molar-refractivity contribution in [2.24, 2.45) is 0 Å². The Labute approximate surface area is 126 Å². The molecule has 0 bridgehead atoms. The van der Waals surface area contributed by atoms with E-state index in [0.29, 0.717) is 6.61 Å². The zero-order valence-electron chi connectivity index (χ0n) is 12.3. The van der Waals surface area contributed by atoms with E-state index in [2.05, 4.69) is 17.4 Å². The maximum atomic E-state index is 5.89. The molecule has 0 atom stereocenters. The number of halogens is 1. The summed E-state index contributed by atoms with van der Waals surface area (Å²) in [5.74, 6) is 0. The lowest BCUT2D eigenvalue weighted by Gasteiger charge is -2.01. The van der Waals surface area contributed by atoms with E-state index in [-0.39, 0.29) is 0 Å². The van der Waals surface area contributed by atoms with Gasteiger partial charge in [0.05, 0.1) is 6.61 Å². The molecule has 3 heteroatoms. The fraction of sp³-hybridized carbons (Fsp3) is 0.294. The number of benzene rings is 2. The van der Waals surface area contributed by atoms with Crippen LogP contribution in [0.3, 0.4) is 0 Å². The minimum atomic E-state index is 0.625. The van der Waals surface area contributed by atoms with Crippen molar-refractivity contribution in [1.29, 1.82) is 0 Å². The predicted molar refractivity (Wildman–Crippen MR) is 86.1 cm³/mol. The summed E-state index contributed by atoms with van der Waals surface area (Å²) in [7, 11) is 3.63. The minimum absolute atomic E-state index is 0.625. The van der Waals surface area contributed by atoms with Crippen LogP contribution in [0.5, 0.6) is 0 Å². The van der Waals surface area contributed by atoms with Gasteiger partial charge in [-0.05, 0) is 36.7 Å². The van der Waals surface area contributed by atoms with Crippen LogP contribution in [-0.2, 0) is 17.9 Å². The molecule has 108 valence electrons. The predicted octanol–water partition coefficient (Wildman–Crippen LogP) is 4.20. The van der Waals surface area contributed by atoms with Crippen LogP contribution in [0.1, 0.15) is 16.7 Å². The van der Waals surface area contributed by atoms with Gasteiger partial charge in [0.15, 0.2) is 0 Å². The van der Waals surface area contributed by atoms with E-state index in [0.717, 1.165) is 22.7 Å². The quantitative estimate of drug-likeness (QED) is 0.911. The van der Waals surface area contributed by atoms with Crippen LogP contribution in [0.2, 0.25) is 5.02 Å². The molecule has 0 aliphatic heterocycles. The topological polar surface area (TPSA) is 21.3 Å². The zero-order valence-corrected chi connectivity index (χ0v) is 13.1. The standard InChI is InChI=1S/C9H11ClO.C8H11N/c1-7-3-4-8(6-11-2)5-9(7)10;1-9-7-8-5-3-2-4-6-8/h3-5H,6H2,1-2H3;2-6,9H,7H2,1H3. The number of nitrogens with one attached hydrogen (secondary N) is 1. The van der Waals surface area contributed by atoms with Crippen LogP contribution in [0.15, 0.2) is 48.5 Å². The van der Waals surface area contributed by atoms with E-state index >= 15 is 0 Å². The van der Waals surface area contributed by atoms with Crippen molar-refractivity contribution in [3.8, 4) is 0 Å². The average molecular weight is 292 g/mol. The van der Waals surface area contributed by atoms with Gasteiger partial charge in [-0.1, -0.05) is 54.1 Å². The van der Waals surface area contributed by atoms with Crippen LogP contribution < -0.4 is 5.32 Å². The Kier molecular flexibility index (Phi) is 7.97. The van der Waals surface area contributed by atoms with E-state index in [1.807, 2.05) is 50.4 Å². The summed E-state index contributed by atoms with van der Waals surface area (Å²) in [6.07, 6.45) is 0. The zero-order chi connectivity index (χ0) is 14.8. The molecule has 2 aromatic carbocycles. The summed E-state index contributed by atoms with van der Waals surface area (Å²) in [5, 5.41) is 3.89. The van der Waals surface area contributed by atoms with E-state index < -0.39 is 0 Å². The molecule has 0 fully saturated rings. The van der Waals surface area contributed by atoms with Gasteiger partial charge in [0.25, 0.3) is 0 Å². The summed E-state index contributed by atoms with van der Waals surface area (Å²) in [4.78, 5) is 0. The van der Waals surface area contributed by atoms with Gasteiger partial charge in [0.1, 0.15) is 0 Å². The Morgan fingerprint density at radius 2 is 1.75 bits per heavy atom. The number of methoxy groups -OCH3 is 1. The van der Waals surface area contributed by atoms with Crippen LogP contribution in [-0.4, -0.2) is 14.2 Å². The molecule has 0 amide bonds. The van der Waals surface area contributed by atoms with Crippen molar-refractivity contribution in [2.45, 2.75) is 20.1 Å². The van der Waals surface area contributed by atoms with Crippen molar-refractivity contribution in [1.82, 2.24) is 5.32 Å². The maximum absolute atomic E-state index is 5.89. The normalized spacial score (nSPS) is 9.80. The molecular formula is C17H22ClNO.